The monoisotopic (exact) mass is 400 g/mol. The zero-order valence-corrected chi connectivity index (χ0v) is 17.9. The minimum Gasteiger partial charge on any atom is -0.494 e. The predicted molar refractivity (Wildman–Crippen MR) is 115 cm³/mol. The molecule has 4 rings (SSSR count). The zero-order chi connectivity index (χ0) is 20.4. The van der Waals surface area contributed by atoms with Crippen molar-refractivity contribution in [2.24, 2.45) is 17.8 Å². The third-order valence-electron chi connectivity index (χ3n) is 7.62. The Morgan fingerprint density at radius 3 is 2.55 bits per heavy atom. The summed E-state index contributed by atoms with van der Waals surface area (Å²) in [6.07, 6.45) is 13.1. The molecule has 0 aromatic heterocycles. The van der Waals surface area contributed by atoms with Gasteiger partial charge in [-0.2, -0.15) is 0 Å². The first-order chi connectivity index (χ1) is 14.1. The lowest BCUT2D eigenvalue weighted by Crippen LogP contribution is -2.30. The lowest BCUT2D eigenvalue weighted by molar-refractivity contribution is 0.113. The molecule has 4 unspecified atom stereocenters. The molecule has 0 heterocycles. The standard InChI is InChI=1S/C26H34F2O/c1-3-4-5-6-17-7-8-19-14-20(10-9-18(19)13-17)22-15-21-11-12-24(29-2)26(28)25(21)23(27)16-22/h11-12,15-20H,3-10,13-14H2,1-2H3. The van der Waals surface area contributed by atoms with Crippen LogP contribution in [0.5, 0.6) is 5.75 Å². The number of hydrogen-bond donors (Lipinski definition) is 0. The molecule has 0 N–H and O–H groups in total. The largest absolute Gasteiger partial charge is 0.494 e. The second-order valence-corrected chi connectivity index (χ2v) is 9.39. The summed E-state index contributed by atoms with van der Waals surface area (Å²) in [6, 6.07) is 6.95. The first-order valence-corrected chi connectivity index (χ1v) is 11.6. The molecule has 29 heavy (non-hydrogen) atoms. The molecule has 158 valence electrons. The fourth-order valence-corrected chi connectivity index (χ4v) is 6.00. The number of methoxy groups -OCH3 is 1. The summed E-state index contributed by atoms with van der Waals surface area (Å²) in [5.41, 5.74) is 1.04. The van der Waals surface area contributed by atoms with E-state index in [1.807, 2.05) is 6.07 Å². The van der Waals surface area contributed by atoms with E-state index in [-0.39, 0.29) is 11.1 Å². The van der Waals surface area contributed by atoms with E-state index in [1.54, 1.807) is 18.2 Å². The van der Waals surface area contributed by atoms with Gasteiger partial charge in [0.05, 0.1) is 12.5 Å². The molecule has 2 saturated carbocycles. The van der Waals surface area contributed by atoms with E-state index in [0.29, 0.717) is 11.3 Å². The van der Waals surface area contributed by atoms with E-state index in [9.17, 15) is 8.78 Å². The van der Waals surface area contributed by atoms with E-state index in [0.717, 1.165) is 36.2 Å². The maximum atomic E-state index is 14.8. The lowest BCUT2D eigenvalue weighted by Gasteiger charge is -2.42. The second kappa shape index (κ2) is 9.02. The molecule has 1 nitrogen and oxygen atoms in total. The summed E-state index contributed by atoms with van der Waals surface area (Å²) in [7, 11) is 1.41. The molecule has 4 atom stereocenters. The molecule has 2 aromatic rings. The van der Waals surface area contributed by atoms with Gasteiger partial charge in [0.1, 0.15) is 5.82 Å². The summed E-state index contributed by atoms with van der Waals surface area (Å²) in [4.78, 5) is 0. The van der Waals surface area contributed by atoms with E-state index in [1.165, 1.54) is 58.5 Å². The van der Waals surface area contributed by atoms with Crippen LogP contribution in [-0.2, 0) is 0 Å². The highest BCUT2D eigenvalue weighted by atomic mass is 19.1. The molecule has 2 aromatic carbocycles. The lowest BCUT2D eigenvalue weighted by atomic mass is 9.63. The summed E-state index contributed by atoms with van der Waals surface area (Å²) in [5, 5.41) is 0.689. The Balaban J connectivity index is 1.46. The van der Waals surface area contributed by atoms with Crippen LogP contribution >= 0.6 is 0 Å². The molecule has 2 aliphatic carbocycles. The van der Waals surface area contributed by atoms with Crippen molar-refractivity contribution >= 4 is 10.8 Å². The van der Waals surface area contributed by atoms with Gasteiger partial charge in [0.2, 0.25) is 0 Å². The van der Waals surface area contributed by atoms with Crippen molar-refractivity contribution in [2.75, 3.05) is 7.11 Å². The Morgan fingerprint density at radius 1 is 0.966 bits per heavy atom. The van der Waals surface area contributed by atoms with Crippen LogP contribution in [0.1, 0.15) is 82.6 Å². The molecular weight excluding hydrogens is 366 g/mol. The highest BCUT2D eigenvalue weighted by Crippen LogP contribution is 2.49. The molecule has 0 saturated heterocycles. The normalized spacial score (nSPS) is 27.0. The van der Waals surface area contributed by atoms with E-state index in [4.69, 9.17) is 4.74 Å². The van der Waals surface area contributed by atoms with Gasteiger partial charge < -0.3 is 4.74 Å². The smallest absolute Gasteiger partial charge is 0.175 e. The van der Waals surface area contributed by atoms with Gasteiger partial charge in [-0.3, -0.25) is 0 Å². The van der Waals surface area contributed by atoms with Crippen LogP contribution in [0.3, 0.4) is 0 Å². The van der Waals surface area contributed by atoms with Crippen molar-refractivity contribution in [2.45, 2.75) is 77.0 Å². The van der Waals surface area contributed by atoms with Crippen molar-refractivity contribution in [1.82, 2.24) is 0 Å². The van der Waals surface area contributed by atoms with Crippen molar-refractivity contribution in [3.05, 3.63) is 41.5 Å². The molecule has 0 amide bonds. The van der Waals surface area contributed by atoms with Gasteiger partial charge in [-0.05, 0) is 78.9 Å². The number of fused-ring (bicyclic) bond motifs is 2. The summed E-state index contributed by atoms with van der Waals surface area (Å²) < 4.78 is 34.3. The third-order valence-corrected chi connectivity index (χ3v) is 7.62. The van der Waals surface area contributed by atoms with Gasteiger partial charge in [0, 0.05) is 0 Å². The minimum atomic E-state index is -0.598. The van der Waals surface area contributed by atoms with Crippen molar-refractivity contribution in [3.63, 3.8) is 0 Å². The Kier molecular flexibility index (Phi) is 6.41. The average molecular weight is 401 g/mol. The molecule has 3 heteroatoms. The molecule has 2 fully saturated rings. The number of halogens is 2. The fourth-order valence-electron chi connectivity index (χ4n) is 6.00. The zero-order valence-electron chi connectivity index (χ0n) is 17.9. The van der Waals surface area contributed by atoms with Crippen LogP contribution < -0.4 is 4.74 Å². The molecule has 2 aliphatic rings. The Bertz CT molecular complexity index is 846. The summed E-state index contributed by atoms with van der Waals surface area (Å²) >= 11 is 0. The van der Waals surface area contributed by atoms with Gasteiger partial charge >= 0.3 is 0 Å². The predicted octanol–water partition coefficient (Wildman–Crippen LogP) is 8.01. The number of rotatable bonds is 6. The van der Waals surface area contributed by atoms with Gasteiger partial charge in [-0.1, -0.05) is 51.2 Å². The number of unbranched alkanes of at least 4 members (excludes halogenated alkanes) is 2. The van der Waals surface area contributed by atoms with Crippen LogP contribution in [0.4, 0.5) is 8.78 Å². The Hall–Kier alpha value is -1.64. The maximum Gasteiger partial charge on any atom is 0.175 e. The fraction of sp³-hybridized carbons (Fsp3) is 0.615. The minimum absolute atomic E-state index is 0.0503. The number of ether oxygens (including phenoxy) is 1. The summed E-state index contributed by atoms with van der Waals surface area (Å²) in [5.74, 6) is 2.00. The van der Waals surface area contributed by atoms with Gasteiger partial charge in [0.25, 0.3) is 0 Å². The topological polar surface area (TPSA) is 9.23 Å². The Labute approximate surface area is 173 Å². The molecule has 0 radical (unpaired) electrons. The number of hydrogen-bond acceptors (Lipinski definition) is 1. The quantitative estimate of drug-likeness (QED) is 0.446. The van der Waals surface area contributed by atoms with Gasteiger partial charge in [0.15, 0.2) is 11.6 Å². The molecule has 0 aliphatic heterocycles. The first-order valence-electron chi connectivity index (χ1n) is 11.6. The van der Waals surface area contributed by atoms with Gasteiger partial charge in [-0.25, -0.2) is 8.78 Å². The Morgan fingerprint density at radius 2 is 1.76 bits per heavy atom. The van der Waals surface area contributed by atoms with Crippen LogP contribution in [0, 0.1) is 29.4 Å². The molecule has 0 spiro atoms. The summed E-state index contributed by atoms with van der Waals surface area (Å²) in [6.45, 7) is 2.28. The van der Waals surface area contributed by atoms with E-state index >= 15 is 0 Å². The third kappa shape index (κ3) is 4.29. The van der Waals surface area contributed by atoms with Crippen LogP contribution in [0.25, 0.3) is 10.8 Å². The average Bonchev–Trinajstić information content (AvgIpc) is 2.73. The van der Waals surface area contributed by atoms with Crippen molar-refractivity contribution in [1.29, 1.82) is 0 Å². The molecular formula is C26H34F2O. The van der Waals surface area contributed by atoms with Gasteiger partial charge in [-0.15, -0.1) is 0 Å². The van der Waals surface area contributed by atoms with Crippen LogP contribution in [0.15, 0.2) is 24.3 Å². The SMILES string of the molecule is CCCCCC1CCC2CC(c3cc(F)c4c(F)c(OC)ccc4c3)CCC2C1. The second-order valence-electron chi connectivity index (χ2n) is 9.39. The van der Waals surface area contributed by atoms with Crippen molar-refractivity contribution in [3.8, 4) is 5.75 Å². The van der Waals surface area contributed by atoms with Crippen molar-refractivity contribution < 1.29 is 13.5 Å². The first kappa shape index (κ1) is 20.6. The van der Waals surface area contributed by atoms with E-state index < -0.39 is 11.6 Å². The van der Waals surface area contributed by atoms with Crippen LogP contribution in [0.2, 0.25) is 0 Å². The number of benzene rings is 2. The van der Waals surface area contributed by atoms with E-state index in [2.05, 4.69) is 6.92 Å². The van der Waals surface area contributed by atoms with Crippen LogP contribution in [-0.4, -0.2) is 7.11 Å². The maximum absolute atomic E-state index is 14.8. The molecule has 0 bridgehead atoms. The highest BCUT2D eigenvalue weighted by molar-refractivity contribution is 5.86. The highest BCUT2D eigenvalue weighted by Gasteiger charge is 2.36.